The number of thioether (sulfide) groups is 1. The van der Waals surface area contributed by atoms with E-state index in [0.29, 0.717) is 42.6 Å². The van der Waals surface area contributed by atoms with E-state index in [4.69, 9.17) is 4.74 Å². The van der Waals surface area contributed by atoms with Gasteiger partial charge in [0.2, 0.25) is 0 Å². The molecule has 0 aliphatic carbocycles. The summed E-state index contributed by atoms with van der Waals surface area (Å²) in [5, 5.41) is 11.5. The topological polar surface area (TPSA) is 97.9 Å². The Labute approximate surface area is 195 Å². The highest BCUT2D eigenvalue weighted by Gasteiger charge is 2.34. The van der Waals surface area contributed by atoms with E-state index < -0.39 is 0 Å². The van der Waals surface area contributed by atoms with Crippen LogP contribution >= 0.6 is 11.8 Å². The number of anilines is 1. The zero-order valence-electron chi connectivity index (χ0n) is 18.4. The molecule has 0 bridgehead atoms. The number of morpholine rings is 1. The summed E-state index contributed by atoms with van der Waals surface area (Å²) in [7, 11) is 0. The molecular weight excluding hydrogens is 444 g/mol. The van der Waals surface area contributed by atoms with E-state index >= 15 is 0 Å². The number of aryl methyl sites for hydroxylation is 1. The molecule has 2 amide bonds. The fourth-order valence-electron chi connectivity index (χ4n) is 4.13. The lowest BCUT2D eigenvalue weighted by Crippen LogP contribution is -2.36. The van der Waals surface area contributed by atoms with Crippen molar-refractivity contribution >= 4 is 40.4 Å². The quantitative estimate of drug-likeness (QED) is 0.273. The summed E-state index contributed by atoms with van der Waals surface area (Å²) >= 11 is 0.897. The van der Waals surface area contributed by atoms with Crippen molar-refractivity contribution in [2.75, 3.05) is 37.7 Å². The van der Waals surface area contributed by atoms with E-state index in [1.165, 1.54) is 6.08 Å². The summed E-state index contributed by atoms with van der Waals surface area (Å²) in [5.74, 6) is -0.347. The van der Waals surface area contributed by atoms with Crippen molar-refractivity contribution in [3.63, 3.8) is 0 Å². The van der Waals surface area contributed by atoms with Crippen LogP contribution in [0.2, 0.25) is 0 Å². The zero-order chi connectivity index (χ0) is 23.7. The molecule has 0 saturated carbocycles. The number of benzene rings is 1. The van der Waals surface area contributed by atoms with Gasteiger partial charge >= 0.3 is 0 Å². The van der Waals surface area contributed by atoms with Crippen molar-refractivity contribution in [2.45, 2.75) is 13.8 Å². The van der Waals surface area contributed by atoms with Crippen LogP contribution in [-0.4, -0.2) is 58.4 Å². The second kappa shape index (κ2) is 9.24. The fourth-order valence-corrected chi connectivity index (χ4v) is 4.97. The summed E-state index contributed by atoms with van der Waals surface area (Å²) < 4.78 is 7.27. The Morgan fingerprint density at radius 2 is 1.94 bits per heavy atom. The molecule has 0 spiro atoms. The van der Waals surface area contributed by atoms with E-state index in [2.05, 4.69) is 6.58 Å². The number of ether oxygens (including phenoxy) is 1. The number of rotatable bonds is 6. The molecule has 4 rings (SSSR count). The Bertz CT molecular complexity index is 1180. The molecule has 1 aromatic carbocycles. The molecule has 0 radical (unpaired) electrons. The highest BCUT2D eigenvalue weighted by atomic mass is 32.2. The lowest BCUT2D eigenvalue weighted by Gasteiger charge is -2.28. The third kappa shape index (κ3) is 4.31. The van der Waals surface area contributed by atoms with Gasteiger partial charge in [-0.25, -0.2) is 0 Å². The molecule has 2 fully saturated rings. The molecule has 172 valence electrons. The van der Waals surface area contributed by atoms with Crippen LogP contribution in [0.1, 0.15) is 17.0 Å². The molecule has 2 saturated heterocycles. The van der Waals surface area contributed by atoms with Crippen LogP contribution in [0.3, 0.4) is 0 Å². The lowest BCUT2D eigenvalue weighted by atomic mass is 10.2. The normalized spacial score (nSPS) is 17.8. The van der Waals surface area contributed by atoms with Crippen molar-refractivity contribution < 1.29 is 19.2 Å². The van der Waals surface area contributed by atoms with Gasteiger partial charge in [0, 0.05) is 37.1 Å². The van der Waals surface area contributed by atoms with Gasteiger partial charge in [0.05, 0.1) is 28.7 Å². The van der Waals surface area contributed by atoms with Crippen LogP contribution in [0.4, 0.5) is 16.2 Å². The van der Waals surface area contributed by atoms with Gasteiger partial charge in [-0.15, -0.1) is 6.58 Å². The third-order valence-corrected chi connectivity index (χ3v) is 6.62. The first-order chi connectivity index (χ1) is 15.8. The van der Waals surface area contributed by atoms with Crippen LogP contribution < -0.4 is 4.90 Å². The molecule has 2 aromatic rings. The second-order valence-electron chi connectivity index (χ2n) is 7.77. The minimum atomic E-state index is -0.362. The first-order valence-corrected chi connectivity index (χ1v) is 11.3. The smallest absolute Gasteiger partial charge is 0.294 e. The number of hydrogen-bond donors (Lipinski definition) is 0. The molecule has 2 aliphatic heterocycles. The van der Waals surface area contributed by atoms with Crippen LogP contribution in [0.15, 0.2) is 41.8 Å². The van der Waals surface area contributed by atoms with Crippen molar-refractivity contribution in [3.8, 4) is 5.69 Å². The first kappa shape index (κ1) is 22.8. The summed E-state index contributed by atoms with van der Waals surface area (Å²) in [6.45, 7) is 9.82. The maximum absolute atomic E-state index is 12.6. The van der Waals surface area contributed by atoms with Crippen LogP contribution in [0.5, 0.6) is 0 Å². The Hall–Kier alpha value is -3.37. The molecule has 0 atom stereocenters. The average Bonchev–Trinajstić information content (AvgIpc) is 3.23. The van der Waals surface area contributed by atoms with Crippen molar-refractivity contribution in [3.05, 3.63) is 68.9 Å². The Morgan fingerprint density at radius 1 is 1.21 bits per heavy atom. The Kier molecular flexibility index (Phi) is 6.39. The van der Waals surface area contributed by atoms with Gasteiger partial charge in [0.15, 0.2) is 0 Å². The fraction of sp³-hybridized carbons (Fsp3) is 0.304. The van der Waals surface area contributed by atoms with E-state index in [0.717, 1.165) is 33.6 Å². The molecule has 0 N–H and O–H groups in total. The Balaban J connectivity index is 1.71. The van der Waals surface area contributed by atoms with E-state index in [1.807, 2.05) is 35.4 Å². The molecule has 2 aliphatic rings. The minimum absolute atomic E-state index is 0.0361. The number of carbonyl (C=O) groups is 2. The summed E-state index contributed by atoms with van der Waals surface area (Å²) in [6, 6.07) is 7.11. The largest absolute Gasteiger partial charge is 0.378 e. The first-order valence-electron chi connectivity index (χ1n) is 10.5. The zero-order valence-corrected chi connectivity index (χ0v) is 19.3. The SMILES string of the molecule is C=CCN1C(=O)S/C(=C\c2cc(C)n(-c3ccc(N4CCOCC4)c([N+](=O)[O-])c3)c2C)C1=O. The number of amides is 2. The predicted octanol–water partition coefficient (Wildman–Crippen LogP) is 4.06. The standard InChI is InChI=1S/C23H24N4O5S/c1-4-7-25-22(28)21(33-23(25)29)13-17-12-15(2)26(16(17)3)18-5-6-19(20(14-18)27(30)31)24-8-10-32-11-9-24/h4-6,12-14H,1,7-11H2,2-3H3/b21-13-. The number of imide groups is 1. The summed E-state index contributed by atoms with van der Waals surface area (Å²) in [4.78, 5) is 39.6. The third-order valence-electron chi connectivity index (χ3n) is 5.71. The highest BCUT2D eigenvalue weighted by Crippen LogP contribution is 2.35. The van der Waals surface area contributed by atoms with Gasteiger partial charge in [0.25, 0.3) is 16.8 Å². The second-order valence-corrected chi connectivity index (χ2v) is 8.77. The van der Waals surface area contributed by atoms with Gasteiger partial charge in [0.1, 0.15) is 5.69 Å². The Morgan fingerprint density at radius 3 is 2.61 bits per heavy atom. The summed E-state index contributed by atoms with van der Waals surface area (Å²) in [5.41, 5.74) is 3.72. The van der Waals surface area contributed by atoms with Crippen LogP contribution in [0, 0.1) is 24.0 Å². The van der Waals surface area contributed by atoms with Gasteiger partial charge in [-0.05, 0) is 55.4 Å². The number of aromatic nitrogens is 1. The summed E-state index contributed by atoms with van der Waals surface area (Å²) in [6.07, 6.45) is 3.21. The monoisotopic (exact) mass is 468 g/mol. The van der Waals surface area contributed by atoms with Crippen molar-refractivity contribution in [1.82, 2.24) is 9.47 Å². The molecule has 3 heterocycles. The van der Waals surface area contributed by atoms with E-state index in [9.17, 15) is 19.7 Å². The van der Waals surface area contributed by atoms with Crippen molar-refractivity contribution in [2.24, 2.45) is 0 Å². The number of hydrogen-bond acceptors (Lipinski definition) is 7. The highest BCUT2D eigenvalue weighted by molar-refractivity contribution is 8.18. The number of carbonyl (C=O) groups excluding carboxylic acids is 2. The number of nitro groups is 1. The van der Waals surface area contributed by atoms with Crippen molar-refractivity contribution in [1.29, 1.82) is 0 Å². The molecule has 10 heteroatoms. The van der Waals surface area contributed by atoms with E-state index in [1.54, 1.807) is 18.2 Å². The lowest BCUT2D eigenvalue weighted by molar-refractivity contribution is -0.384. The minimum Gasteiger partial charge on any atom is -0.378 e. The molecule has 1 aromatic heterocycles. The molecule has 33 heavy (non-hydrogen) atoms. The van der Waals surface area contributed by atoms with Gasteiger partial charge in [-0.1, -0.05) is 6.08 Å². The molecule has 0 unspecified atom stereocenters. The van der Waals surface area contributed by atoms with Crippen LogP contribution in [0.25, 0.3) is 11.8 Å². The van der Waals surface area contributed by atoms with Crippen LogP contribution in [-0.2, 0) is 9.53 Å². The maximum Gasteiger partial charge on any atom is 0.294 e. The van der Waals surface area contributed by atoms with E-state index in [-0.39, 0.29) is 28.3 Å². The molecular formula is C23H24N4O5S. The van der Waals surface area contributed by atoms with Gasteiger partial charge in [-0.2, -0.15) is 0 Å². The number of nitrogens with zero attached hydrogens (tertiary/aromatic N) is 4. The molecule has 9 nitrogen and oxygen atoms in total. The van der Waals surface area contributed by atoms with Gasteiger partial charge in [-0.3, -0.25) is 24.6 Å². The van der Waals surface area contributed by atoms with Gasteiger partial charge < -0.3 is 14.2 Å². The predicted molar refractivity (Wildman–Crippen MR) is 128 cm³/mol. The number of nitro benzene ring substituents is 1. The maximum atomic E-state index is 12.6. The average molecular weight is 469 g/mol.